The Hall–Kier alpha value is -1.44. The van der Waals surface area contributed by atoms with E-state index in [1.165, 1.54) is 19.4 Å². The molecular weight excluding hydrogens is 256 g/mol. The average Bonchev–Trinajstić information content (AvgIpc) is 2.92. The molecule has 2 saturated heterocycles. The highest BCUT2D eigenvalue weighted by atomic mass is 16.5. The van der Waals surface area contributed by atoms with E-state index < -0.39 is 0 Å². The Balaban J connectivity index is 1.55. The summed E-state index contributed by atoms with van der Waals surface area (Å²) in [5.41, 5.74) is 2.55. The topological polar surface area (TPSA) is 88.3 Å². The molecule has 7 heteroatoms. The largest absolute Gasteiger partial charge is 0.373 e. The van der Waals surface area contributed by atoms with Crippen LogP contribution in [0.2, 0.25) is 0 Å². The molecule has 110 valence electrons. The molecule has 0 spiro atoms. The Bertz CT molecular complexity index is 468. The Morgan fingerprint density at radius 2 is 2.30 bits per heavy atom. The first-order chi connectivity index (χ1) is 9.74. The zero-order chi connectivity index (χ0) is 13.9. The van der Waals surface area contributed by atoms with Gasteiger partial charge in [-0.15, -0.1) is 0 Å². The predicted octanol–water partition coefficient (Wildman–Crippen LogP) is 0.346. The van der Waals surface area contributed by atoms with E-state index in [1.807, 2.05) is 6.92 Å². The third-order valence-corrected chi connectivity index (χ3v) is 3.96. The molecule has 0 aromatic carbocycles. The van der Waals surface area contributed by atoms with Gasteiger partial charge < -0.3 is 15.5 Å². The molecular formula is C13H22N6O. The summed E-state index contributed by atoms with van der Waals surface area (Å²) >= 11 is 0. The summed E-state index contributed by atoms with van der Waals surface area (Å²) in [5.74, 6) is 7.46. The molecule has 20 heavy (non-hydrogen) atoms. The molecule has 2 aliphatic rings. The average molecular weight is 278 g/mol. The summed E-state index contributed by atoms with van der Waals surface area (Å²) in [6.45, 7) is 5.66. The molecule has 1 aromatic heterocycles. The summed E-state index contributed by atoms with van der Waals surface area (Å²) < 4.78 is 5.91. The van der Waals surface area contributed by atoms with Crippen molar-refractivity contribution in [2.45, 2.75) is 31.9 Å². The van der Waals surface area contributed by atoms with Crippen LogP contribution in [0.5, 0.6) is 0 Å². The first kappa shape index (κ1) is 13.5. The van der Waals surface area contributed by atoms with E-state index in [1.54, 1.807) is 6.07 Å². The lowest BCUT2D eigenvalue weighted by Gasteiger charge is -2.35. The number of aryl methyl sites for hydroxylation is 1. The van der Waals surface area contributed by atoms with Gasteiger partial charge in [0.25, 0.3) is 0 Å². The minimum atomic E-state index is 0.217. The SMILES string of the molecule is Cc1nc(NN)cc(NCC2CN3CCCC3CO2)n1. The van der Waals surface area contributed by atoms with Crippen molar-refractivity contribution in [3.63, 3.8) is 0 Å². The Labute approximate surface area is 118 Å². The van der Waals surface area contributed by atoms with E-state index in [9.17, 15) is 0 Å². The maximum Gasteiger partial charge on any atom is 0.145 e. The molecule has 3 rings (SSSR count). The molecule has 4 N–H and O–H groups in total. The molecule has 2 fully saturated rings. The second-order valence-electron chi connectivity index (χ2n) is 5.46. The van der Waals surface area contributed by atoms with E-state index >= 15 is 0 Å². The fraction of sp³-hybridized carbons (Fsp3) is 0.692. The van der Waals surface area contributed by atoms with Crippen LogP contribution >= 0.6 is 0 Å². The van der Waals surface area contributed by atoms with Crippen LogP contribution in [0.3, 0.4) is 0 Å². The molecule has 2 aliphatic heterocycles. The number of aromatic nitrogens is 2. The highest BCUT2D eigenvalue weighted by Crippen LogP contribution is 2.22. The molecule has 7 nitrogen and oxygen atoms in total. The Morgan fingerprint density at radius 3 is 3.15 bits per heavy atom. The number of nitrogens with two attached hydrogens (primary N) is 1. The van der Waals surface area contributed by atoms with Crippen LogP contribution in [-0.4, -0.2) is 53.3 Å². The number of hydrogen-bond donors (Lipinski definition) is 3. The number of nitrogens with one attached hydrogen (secondary N) is 2. The van der Waals surface area contributed by atoms with Crippen molar-refractivity contribution in [2.24, 2.45) is 5.84 Å². The quantitative estimate of drug-likeness (QED) is 0.541. The van der Waals surface area contributed by atoms with E-state index in [-0.39, 0.29) is 6.10 Å². The van der Waals surface area contributed by atoms with Crippen LogP contribution in [0, 0.1) is 6.92 Å². The third kappa shape index (κ3) is 3.00. The van der Waals surface area contributed by atoms with Crippen LogP contribution in [0.1, 0.15) is 18.7 Å². The molecule has 0 bridgehead atoms. The molecule has 2 unspecified atom stereocenters. The lowest BCUT2D eigenvalue weighted by atomic mass is 10.2. The molecule has 2 atom stereocenters. The standard InChI is InChI=1S/C13H22N6O/c1-9-16-12(5-13(17-9)18-14)15-6-11-7-19-4-2-3-10(19)8-20-11/h5,10-11H,2-4,6-8,14H2,1H3,(H2,15,16,17,18). The minimum absolute atomic E-state index is 0.217. The number of morpholine rings is 1. The van der Waals surface area contributed by atoms with E-state index in [0.29, 0.717) is 17.7 Å². The van der Waals surface area contributed by atoms with Gasteiger partial charge in [0, 0.05) is 25.2 Å². The Morgan fingerprint density at radius 1 is 1.45 bits per heavy atom. The van der Waals surface area contributed by atoms with Gasteiger partial charge in [-0.3, -0.25) is 4.90 Å². The van der Waals surface area contributed by atoms with Crippen LogP contribution < -0.4 is 16.6 Å². The van der Waals surface area contributed by atoms with Crippen molar-refractivity contribution in [3.8, 4) is 0 Å². The summed E-state index contributed by atoms with van der Waals surface area (Å²) in [4.78, 5) is 11.0. The zero-order valence-electron chi connectivity index (χ0n) is 11.8. The summed E-state index contributed by atoms with van der Waals surface area (Å²) in [6, 6.07) is 2.44. The first-order valence-electron chi connectivity index (χ1n) is 7.16. The van der Waals surface area contributed by atoms with E-state index in [0.717, 1.165) is 25.5 Å². The summed E-state index contributed by atoms with van der Waals surface area (Å²) in [5, 5.41) is 3.31. The number of nitrogens with zero attached hydrogens (tertiary/aromatic N) is 3. The van der Waals surface area contributed by atoms with Crippen molar-refractivity contribution >= 4 is 11.6 Å². The highest BCUT2D eigenvalue weighted by molar-refractivity contribution is 5.46. The van der Waals surface area contributed by atoms with Crippen LogP contribution in [-0.2, 0) is 4.74 Å². The number of nitrogen functional groups attached to an aromatic ring is 1. The molecule has 0 aliphatic carbocycles. The van der Waals surface area contributed by atoms with Crippen molar-refractivity contribution in [1.82, 2.24) is 14.9 Å². The maximum absolute atomic E-state index is 5.91. The molecule has 3 heterocycles. The maximum atomic E-state index is 5.91. The lowest BCUT2D eigenvalue weighted by Crippen LogP contribution is -2.48. The van der Waals surface area contributed by atoms with Crippen molar-refractivity contribution in [1.29, 1.82) is 0 Å². The fourth-order valence-corrected chi connectivity index (χ4v) is 2.96. The second kappa shape index (κ2) is 5.90. The van der Waals surface area contributed by atoms with Gasteiger partial charge in [-0.25, -0.2) is 15.8 Å². The third-order valence-electron chi connectivity index (χ3n) is 3.96. The van der Waals surface area contributed by atoms with Gasteiger partial charge in [-0.2, -0.15) is 0 Å². The number of fused-ring (bicyclic) bond motifs is 1. The van der Waals surface area contributed by atoms with Crippen molar-refractivity contribution in [3.05, 3.63) is 11.9 Å². The van der Waals surface area contributed by atoms with Gasteiger partial charge in [0.1, 0.15) is 17.5 Å². The highest BCUT2D eigenvalue weighted by Gasteiger charge is 2.31. The monoisotopic (exact) mass is 278 g/mol. The molecule has 0 saturated carbocycles. The fourth-order valence-electron chi connectivity index (χ4n) is 2.96. The smallest absolute Gasteiger partial charge is 0.145 e. The van der Waals surface area contributed by atoms with Gasteiger partial charge in [0.05, 0.1) is 12.7 Å². The molecule has 0 radical (unpaired) electrons. The van der Waals surface area contributed by atoms with Gasteiger partial charge in [0.2, 0.25) is 0 Å². The van der Waals surface area contributed by atoms with E-state index in [4.69, 9.17) is 10.6 Å². The number of hydrazine groups is 1. The molecule has 1 aromatic rings. The predicted molar refractivity (Wildman–Crippen MR) is 77.4 cm³/mol. The van der Waals surface area contributed by atoms with Crippen molar-refractivity contribution < 1.29 is 4.74 Å². The van der Waals surface area contributed by atoms with Crippen molar-refractivity contribution in [2.75, 3.05) is 37.0 Å². The summed E-state index contributed by atoms with van der Waals surface area (Å²) in [7, 11) is 0. The van der Waals surface area contributed by atoms with Crippen LogP contribution in [0.15, 0.2) is 6.07 Å². The van der Waals surface area contributed by atoms with Gasteiger partial charge in [-0.05, 0) is 26.3 Å². The Kier molecular flexibility index (Phi) is 4.00. The zero-order valence-corrected chi connectivity index (χ0v) is 11.8. The van der Waals surface area contributed by atoms with E-state index in [2.05, 4.69) is 25.6 Å². The molecule has 0 amide bonds. The minimum Gasteiger partial charge on any atom is -0.373 e. The number of rotatable bonds is 4. The lowest BCUT2D eigenvalue weighted by molar-refractivity contribution is -0.0416. The van der Waals surface area contributed by atoms with Crippen LogP contribution in [0.25, 0.3) is 0 Å². The van der Waals surface area contributed by atoms with Crippen LogP contribution in [0.4, 0.5) is 11.6 Å². The van der Waals surface area contributed by atoms with Gasteiger partial charge in [0.15, 0.2) is 0 Å². The number of ether oxygens (including phenoxy) is 1. The van der Waals surface area contributed by atoms with Gasteiger partial charge >= 0.3 is 0 Å². The number of anilines is 2. The normalized spacial score (nSPS) is 26.3. The first-order valence-corrected chi connectivity index (χ1v) is 7.16. The summed E-state index contributed by atoms with van der Waals surface area (Å²) in [6.07, 6.45) is 2.79. The second-order valence-corrected chi connectivity index (χ2v) is 5.46. The number of hydrogen-bond acceptors (Lipinski definition) is 7. The van der Waals surface area contributed by atoms with Gasteiger partial charge in [-0.1, -0.05) is 0 Å².